The van der Waals surface area contributed by atoms with Crippen molar-refractivity contribution in [3.8, 4) is 0 Å². The number of guanidine groups is 1. The quantitative estimate of drug-likeness (QED) is 0.388. The standard InChI is InChI=1S/C17H36N4S/c1-6-18-17(20-13-16-9-7-12-22-16)19-10-8-11-21(14(2)3)15(4)5/h14-16H,6-13H2,1-5H3,(H2,18,19,20). The van der Waals surface area contributed by atoms with Crippen molar-refractivity contribution in [3.63, 3.8) is 0 Å². The van der Waals surface area contributed by atoms with E-state index in [9.17, 15) is 0 Å². The van der Waals surface area contributed by atoms with E-state index in [1.165, 1.54) is 18.6 Å². The van der Waals surface area contributed by atoms with Gasteiger partial charge >= 0.3 is 0 Å². The van der Waals surface area contributed by atoms with Crippen LogP contribution in [0.1, 0.15) is 53.9 Å². The third kappa shape index (κ3) is 7.73. The van der Waals surface area contributed by atoms with Gasteiger partial charge in [-0.2, -0.15) is 11.8 Å². The van der Waals surface area contributed by atoms with Crippen LogP contribution in [-0.2, 0) is 0 Å². The number of nitrogens with zero attached hydrogens (tertiary/aromatic N) is 2. The number of nitrogens with one attached hydrogen (secondary N) is 2. The molecule has 1 heterocycles. The highest BCUT2D eigenvalue weighted by Crippen LogP contribution is 2.25. The third-order valence-corrected chi connectivity index (χ3v) is 5.41. The third-order valence-electron chi connectivity index (χ3n) is 4.03. The second-order valence-corrected chi connectivity index (χ2v) is 7.97. The predicted molar refractivity (Wildman–Crippen MR) is 101 cm³/mol. The van der Waals surface area contributed by atoms with Crippen molar-refractivity contribution >= 4 is 17.7 Å². The molecule has 22 heavy (non-hydrogen) atoms. The number of thioether (sulfide) groups is 1. The van der Waals surface area contributed by atoms with Gasteiger partial charge in [-0.05, 0) is 59.6 Å². The first kappa shape index (κ1) is 19.6. The molecule has 1 unspecified atom stereocenters. The van der Waals surface area contributed by atoms with Crippen LogP contribution < -0.4 is 10.6 Å². The molecule has 1 rings (SSSR count). The SMILES string of the molecule is CCNC(=NCC1CCCS1)NCCCN(C(C)C)C(C)C. The smallest absolute Gasteiger partial charge is 0.191 e. The summed E-state index contributed by atoms with van der Waals surface area (Å²) in [5.41, 5.74) is 0. The minimum absolute atomic E-state index is 0.612. The monoisotopic (exact) mass is 328 g/mol. The number of hydrogen-bond acceptors (Lipinski definition) is 3. The lowest BCUT2D eigenvalue weighted by atomic mass is 10.2. The van der Waals surface area contributed by atoms with E-state index >= 15 is 0 Å². The van der Waals surface area contributed by atoms with E-state index in [2.05, 4.69) is 61.9 Å². The Balaban J connectivity index is 2.29. The molecule has 1 aliphatic heterocycles. The molecule has 0 aromatic heterocycles. The Bertz CT molecular complexity index is 304. The lowest BCUT2D eigenvalue weighted by molar-refractivity contribution is 0.173. The molecule has 2 N–H and O–H groups in total. The summed E-state index contributed by atoms with van der Waals surface area (Å²) in [5.74, 6) is 2.29. The maximum absolute atomic E-state index is 4.74. The summed E-state index contributed by atoms with van der Waals surface area (Å²) in [6, 6.07) is 1.22. The van der Waals surface area contributed by atoms with E-state index in [1.54, 1.807) is 0 Å². The van der Waals surface area contributed by atoms with E-state index in [1.807, 2.05) is 0 Å². The predicted octanol–water partition coefficient (Wildman–Crippen LogP) is 2.95. The largest absolute Gasteiger partial charge is 0.357 e. The zero-order valence-electron chi connectivity index (χ0n) is 15.2. The molecule has 1 saturated heterocycles. The average Bonchev–Trinajstić information content (AvgIpc) is 2.96. The first-order chi connectivity index (χ1) is 10.5. The highest BCUT2D eigenvalue weighted by atomic mass is 32.2. The lowest BCUT2D eigenvalue weighted by Gasteiger charge is -2.30. The van der Waals surface area contributed by atoms with Crippen LogP contribution in [0.5, 0.6) is 0 Å². The van der Waals surface area contributed by atoms with Crippen LogP contribution >= 0.6 is 11.8 Å². The zero-order valence-corrected chi connectivity index (χ0v) is 16.0. The molecule has 1 atom stereocenters. The Morgan fingerprint density at radius 3 is 2.50 bits per heavy atom. The van der Waals surface area contributed by atoms with Crippen molar-refractivity contribution in [1.29, 1.82) is 0 Å². The summed E-state index contributed by atoms with van der Waals surface area (Å²) in [7, 11) is 0. The molecule has 1 aliphatic rings. The van der Waals surface area contributed by atoms with E-state index < -0.39 is 0 Å². The van der Waals surface area contributed by atoms with Gasteiger partial charge in [0.25, 0.3) is 0 Å². The molecule has 5 heteroatoms. The molecular formula is C17H36N4S. The van der Waals surface area contributed by atoms with Crippen LogP contribution in [0, 0.1) is 0 Å². The summed E-state index contributed by atoms with van der Waals surface area (Å²) in [6.07, 6.45) is 3.83. The van der Waals surface area contributed by atoms with Crippen LogP contribution in [0.15, 0.2) is 4.99 Å². The van der Waals surface area contributed by atoms with Crippen LogP contribution in [0.4, 0.5) is 0 Å². The van der Waals surface area contributed by atoms with Gasteiger partial charge < -0.3 is 10.6 Å². The van der Waals surface area contributed by atoms with E-state index in [4.69, 9.17) is 4.99 Å². The molecule has 0 aliphatic carbocycles. The van der Waals surface area contributed by atoms with Crippen LogP contribution in [0.25, 0.3) is 0 Å². The topological polar surface area (TPSA) is 39.7 Å². The number of rotatable bonds is 9. The summed E-state index contributed by atoms with van der Waals surface area (Å²) in [5, 5.41) is 7.57. The minimum atomic E-state index is 0.612. The molecule has 0 amide bonds. The zero-order chi connectivity index (χ0) is 16.4. The number of aliphatic imine (C=N–C) groups is 1. The van der Waals surface area contributed by atoms with Crippen molar-refractivity contribution < 1.29 is 0 Å². The van der Waals surface area contributed by atoms with Gasteiger partial charge in [-0.1, -0.05) is 0 Å². The maximum Gasteiger partial charge on any atom is 0.191 e. The molecule has 0 spiro atoms. The van der Waals surface area contributed by atoms with Gasteiger partial charge in [-0.15, -0.1) is 0 Å². The van der Waals surface area contributed by atoms with Crippen molar-refractivity contribution in [2.75, 3.05) is 31.9 Å². The highest BCUT2D eigenvalue weighted by Gasteiger charge is 2.15. The van der Waals surface area contributed by atoms with Gasteiger partial charge in [0, 0.05) is 37.0 Å². The fourth-order valence-corrected chi connectivity index (χ4v) is 4.08. The Labute approximate surface area is 141 Å². The molecular weight excluding hydrogens is 292 g/mol. The number of hydrogen-bond donors (Lipinski definition) is 2. The lowest BCUT2D eigenvalue weighted by Crippen LogP contribution is -2.41. The van der Waals surface area contributed by atoms with E-state index in [0.717, 1.165) is 43.8 Å². The summed E-state index contributed by atoms with van der Waals surface area (Å²) in [4.78, 5) is 7.28. The molecule has 0 saturated carbocycles. The van der Waals surface area contributed by atoms with Crippen molar-refractivity contribution in [2.24, 2.45) is 4.99 Å². The normalized spacial score (nSPS) is 19.5. The molecule has 4 nitrogen and oxygen atoms in total. The van der Waals surface area contributed by atoms with Crippen molar-refractivity contribution in [3.05, 3.63) is 0 Å². The molecule has 0 aromatic rings. The van der Waals surface area contributed by atoms with Crippen molar-refractivity contribution in [1.82, 2.24) is 15.5 Å². The Morgan fingerprint density at radius 2 is 1.95 bits per heavy atom. The minimum Gasteiger partial charge on any atom is -0.357 e. The molecule has 0 aromatic carbocycles. The first-order valence-electron chi connectivity index (χ1n) is 8.94. The second-order valence-electron chi connectivity index (χ2n) is 6.56. The van der Waals surface area contributed by atoms with Gasteiger partial charge in [-0.25, -0.2) is 0 Å². The molecule has 1 fully saturated rings. The van der Waals surface area contributed by atoms with E-state index in [0.29, 0.717) is 12.1 Å². The van der Waals surface area contributed by atoms with Crippen LogP contribution in [0.3, 0.4) is 0 Å². The summed E-state index contributed by atoms with van der Waals surface area (Å²) >= 11 is 2.07. The van der Waals surface area contributed by atoms with Gasteiger partial charge in [0.1, 0.15) is 0 Å². The molecule has 0 radical (unpaired) electrons. The maximum atomic E-state index is 4.74. The first-order valence-corrected chi connectivity index (χ1v) is 9.99. The molecule has 0 bridgehead atoms. The van der Waals surface area contributed by atoms with Gasteiger partial charge in [-0.3, -0.25) is 9.89 Å². The fourth-order valence-electron chi connectivity index (χ4n) is 2.90. The van der Waals surface area contributed by atoms with Gasteiger partial charge in [0.15, 0.2) is 5.96 Å². The summed E-state index contributed by atoms with van der Waals surface area (Å²) in [6.45, 7) is 15.2. The highest BCUT2D eigenvalue weighted by molar-refractivity contribution is 8.00. The van der Waals surface area contributed by atoms with E-state index in [-0.39, 0.29) is 0 Å². The second kappa shape index (κ2) is 11.2. The average molecular weight is 329 g/mol. The van der Waals surface area contributed by atoms with Gasteiger partial charge in [0.05, 0.1) is 6.54 Å². The summed E-state index contributed by atoms with van der Waals surface area (Å²) < 4.78 is 0. The molecule has 130 valence electrons. The van der Waals surface area contributed by atoms with Crippen LogP contribution in [-0.4, -0.2) is 60.1 Å². The fraction of sp³-hybridized carbons (Fsp3) is 0.941. The Kier molecular flexibility index (Phi) is 9.96. The van der Waals surface area contributed by atoms with Crippen LogP contribution in [0.2, 0.25) is 0 Å². The Morgan fingerprint density at radius 1 is 1.23 bits per heavy atom. The van der Waals surface area contributed by atoms with Crippen molar-refractivity contribution in [2.45, 2.75) is 71.2 Å². The Hall–Kier alpha value is -0.420. The van der Waals surface area contributed by atoms with Gasteiger partial charge in [0.2, 0.25) is 0 Å².